The highest BCUT2D eigenvalue weighted by Crippen LogP contribution is 2.37. The summed E-state index contributed by atoms with van der Waals surface area (Å²) in [5.74, 6) is 0. The fraction of sp³-hybridized carbons (Fsp3) is 0.364. The first kappa shape index (κ1) is 14.6. The van der Waals surface area contributed by atoms with Gasteiger partial charge in [-0.25, -0.2) is 4.79 Å². The molecule has 0 aliphatic carbocycles. The van der Waals surface area contributed by atoms with Crippen LogP contribution in [0.25, 0.3) is 0 Å². The lowest BCUT2D eigenvalue weighted by molar-refractivity contribution is -0.137. The van der Waals surface area contributed by atoms with Gasteiger partial charge in [0, 0.05) is 11.7 Å². The predicted molar refractivity (Wildman–Crippen MR) is 62.1 cm³/mol. The van der Waals surface area contributed by atoms with E-state index in [0.717, 1.165) is 17.0 Å². The second-order valence-electron chi connectivity index (χ2n) is 3.91. The summed E-state index contributed by atoms with van der Waals surface area (Å²) in [4.78, 5) is 11.8. The first-order chi connectivity index (χ1) is 8.14. The van der Waals surface area contributed by atoms with Crippen molar-refractivity contribution in [1.29, 1.82) is 0 Å². The van der Waals surface area contributed by atoms with Crippen LogP contribution in [-0.4, -0.2) is 17.2 Å². The Labute approximate surface area is 107 Å². The van der Waals surface area contributed by atoms with Crippen LogP contribution in [0.3, 0.4) is 0 Å². The highest BCUT2D eigenvalue weighted by atomic mass is 35.5. The van der Waals surface area contributed by atoms with Crippen LogP contribution in [0.5, 0.6) is 0 Å². The van der Waals surface area contributed by atoms with Crippen molar-refractivity contribution in [2.45, 2.75) is 26.1 Å². The van der Waals surface area contributed by atoms with Gasteiger partial charge in [-0.3, -0.25) is 4.90 Å². The first-order valence-corrected chi connectivity index (χ1v) is 5.41. The molecule has 7 heteroatoms. The molecule has 0 radical (unpaired) electrons. The Morgan fingerprint density at radius 2 is 1.94 bits per heavy atom. The number of carboxylic acid groups (broad SMARTS) is 1. The van der Waals surface area contributed by atoms with E-state index in [-0.39, 0.29) is 5.69 Å². The molecule has 0 saturated heterocycles. The number of nitrogens with zero attached hydrogens (tertiary/aromatic N) is 1. The molecule has 1 aromatic rings. The Morgan fingerprint density at radius 1 is 1.39 bits per heavy atom. The van der Waals surface area contributed by atoms with Gasteiger partial charge in [-0.1, -0.05) is 11.6 Å². The summed E-state index contributed by atoms with van der Waals surface area (Å²) in [6.07, 6.45) is -5.94. The Morgan fingerprint density at radius 3 is 2.33 bits per heavy atom. The standard InChI is InChI=1S/C11H11ClF3NO2/c1-6(2)16(10(17)18)7-3-4-9(12)8(5-7)11(13,14)15/h3-6H,1-2H3,(H,17,18). The molecule has 0 unspecified atom stereocenters. The van der Waals surface area contributed by atoms with Crippen molar-refractivity contribution in [3.63, 3.8) is 0 Å². The fourth-order valence-electron chi connectivity index (χ4n) is 1.51. The second-order valence-corrected chi connectivity index (χ2v) is 4.32. The summed E-state index contributed by atoms with van der Waals surface area (Å²) in [5.41, 5.74) is -1.11. The number of hydrogen-bond acceptors (Lipinski definition) is 1. The smallest absolute Gasteiger partial charge is 0.417 e. The van der Waals surface area contributed by atoms with E-state index in [0.29, 0.717) is 0 Å². The zero-order valence-corrected chi connectivity index (χ0v) is 10.4. The highest BCUT2D eigenvalue weighted by Gasteiger charge is 2.34. The van der Waals surface area contributed by atoms with Gasteiger partial charge in [-0.05, 0) is 32.0 Å². The minimum atomic E-state index is -4.62. The molecule has 0 aliphatic rings. The molecule has 0 heterocycles. The van der Waals surface area contributed by atoms with E-state index in [1.54, 1.807) is 13.8 Å². The van der Waals surface area contributed by atoms with Gasteiger partial charge >= 0.3 is 12.3 Å². The van der Waals surface area contributed by atoms with E-state index in [2.05, 4.69) is 0 Å². The summed E-state index contributed by atoms with van der Waals surface area (Å²) in [6, 6.07) is 2.53. The van der Waals surface area contributed by atoms with Gasteiger partial charge in [0.15, 0.2) is 0 Å². The maximum Gasteiger partial charge on any atom is 0.417 e. The quantitative estimate of drug-likeness (QED) is 0.880. The van der Waals surface area contributed by atoms with Gasteiger partial charge in [-0.2, -0.15) is 13.2 Å². The number of halogens is 4. The number of carbonyl (C=O) groups is 1. The largest absolute Gasteiger partial charge is 0.465 e. The van der Waals surface area contributed by atoms with E-state index in [9.17, 15) is 18.0 Å². The van der Waals surface area contributed by atoms with Crippen molar-refractivity contribution in [2.24, 2.45) is 0 Å². The Bertz CT molecular complexity index is 460. The minimum Gasteiger partial charge on any atom is -0.465 e. The van der Waals surface area contributed by atoms with Crippen molar-refractivity contribution in [2.75, 3.05) is 4.90 Å². The van der Waals surface area contributed by atoms with Gasteiger partial charge in [0.25, 0.3) is 0 Å². The summed E-state index contributed by atoms with van der Waals surface area (Å²) in [6.45, 7) is 3.13. The zero-order chi connectivity index (χ0) is 14.1. The molecule has 0 fully saturated rings. The van der Waals surface area contributed by atoms with E-state index in [1.807, 2.05) is 0 Å². The molecule has 0 atom stereocenters. The maximum absolute atomic E-state index is 12.6. The second kappa shape index (κ2) is 5.06. The third kappa shape index (κ3) is 3.07. The molecular weight excluding hydrogens is 271 g/mol. The minimum absolute atomic E-state index is 0.0609. The van der Waals surface area contributed by atoms with Gasteiger partial charge in [0.05, 0.1) is 10.6 Å². The van der Waals surface area contributed by atoms with Gasteiger partial charge in [0.1, 0.15) is 0 Å². The van der Waals surface area contributed by atoms with Gasteiger partial charge in [-0.15, -0.1) is 0 Å². The van der Waals surface area contributed by atoms with E-state index >= 15 is 0 Å². The third-order valence-corrected chi connectivity index (χ3v) is 2.59. The lowest BCUT2D eigenvalue weighted by atomic mass is 10.1. The number of anilines is 1. The fourth-order valence-corrected chi connectivity index (χ4v) is 1.73. The topological polar surface area (TPSA) is 40.5 Å². The zero-order valence-electron chi connectivity index (χ0n) is 9.62. The van der Waals surface area contributed by atoms with E-state index < -0.39 is 28.9 Å². The molecular formula is C11H11ClF3NO2. The van der Waals surface area contributed by atoms with E-state index in [4.69, 9.17) is 16.7 Å². The summed E-state index contributed by atoms with van der Waals surface area (Å²) in [7, 11) is 0. The normalized spacial score (nSPS) is 11.7. The Hall–Kier alpha value is -1.43. The average molecular weight is 282 g/mol. The number of rotatable bonds is 2. The molecule has 3 nitrogen and oxygen atoms in total. The number of alkyl halides is 3. The van der Waals surface area contributed by atoms with Crippen LogP contribution in [0.15, 0.2) is 18.2 Å². The molecule has 1 amide bonds. The number of amides is 1. The number of benzene rings is 1. The van der Waals surface area contributed by atoms with Crippen molar-refractivity contribution in [3.05, 3.63) is 28.8 Å². The molecule has 100 valence electrons. The SMILES string of the molecule is CC(C)N(C(=O)O)c1ccc(Cl)c(C(F)(F)F)c1. The highest BCUT2D eigenvalue weighted by molar-refractivity contribution is 6.31. The Balaban J connectivity index is 3.31. The van der Waals surface area contributed by atoms with Crippen molar-refractivity contribution in [1.82, 2.24) is 0 Å². The summed E-state index contributed by atoms with van der Waals surface area (Å²) < 4.78 is 37.9. The molecule has 0 aromatic heterocycles. The lowest BCUT2D eigenvalue weighted by Gasteiger charge is -2.24. The van der Waals surface area contributed by atoms with Crippen LogP contribution in [0, 0.1) is 0 Å². The molecule has 18 heavy (non-hydrogen) atoms. The van der Waals surface area contributed by atoms with Crippen molar-refractivity contribution >= 4 is 23.4 Å². The van der Waals surface area contributed by atoms with Crippen LogP contribution >= 0.6 is 11.6 Å². The van der Waals surface area contributed by atoms with Crippen LogP contribution in [0.4, 0.5) is 23.7 Å². The van der Waals surface area contributed by atoms with Crippen LogP contribution in [0.2, 0.25) is 5.02 Å². The molecule has 0 spiro atoms. The molecule has 1 aromatic carbocycles. The summed E-state index contributed by atoms with van der Waals surface area (Å²) >= 11 is 5.46. The lowest BCUT2D eigenvalue weighted by Crippen LogP contribution is -2.35. The molecule has 0 aliphatic heterocycles. The summed E-state index contributed by atoms with van der Waals surface area (Å²) in [5, 5.41) is 8.51. The van der Waals surface area contributed by atoms with Crippen LogP contribution < -0.4 is 4.90 Å². The Kier molecular flexibility index (Phi) is 4.11. The van der Waals surface area contributed by atoms with Crippen molar-refractivity contribution < 1.29 is 23.1 Å². The van der Waals surface area contributed by atoms with Gasteiger partial charge in [0.2, 0.25) is 0 Å². The maximum atomic E-state index is 12.6. The van der Waals surface area contributed by atoms with Crippen LogP contribution in [0.1, 0.15) is 19.4 Å². The number of hydrogen-bond donors (Lipinski definition) is 1. The molecule has 1 N–H and O–H groups in total. The van der Waals surface area contributed by atoms with Gasteiger partial charge < -0.3 is 5.11 Å². The third-order valence-electron chi connectivity index (χ3n) is 2.26. The monoisotopic (exact) mass is 281 g/mol. The van der Waals surface area contributed by atoms with E-state index in [1.165, 1.54) is 6.07 Å². The van der Waals surface area contributed by atoms with Crippen LogP contribution in [-0.2, 0) is 6.18 Å². The predicted octanol–water partition coefficient (Wildman–Crippen LogP) is 4.25. The van der Waals surface area contributed by atoms with Crippen molar-refractivity contribution in [3.8, 4) is 0 Å². The molecule has 1 rings (SSSR count). The first-order valence-electron chi connectivity index (χ1n) is 5.03. The average Bonchev–Trinajstić information content (AvgIpc) is 2.17. The molecule has 0 saturated carbocycles. The molecule has 0 bridgehead atoms.